The fraction of sp³-hybridized carbons (Fsp3) is 0.103. The topological polar surface area (TPSA) is 117 Å². The quantitative estimate of drug-likeness (QED) is 0.0716. The molecule has 0 atom stereocenters. The molecule has 2 amide bonds. The smallest absolute Gasteiger partial charge is 0.255 e. The van der Waals surface area contributed by atoms with Crippen molar-refractivity contribution in [1.29, 1.82) is 0 Å². The predicted octanol–water partition coefficient (Wildman–Crippen LogP) is 32.8. The van der Waals surface area contributed by atoms with Crippen LogP contribution in [0.5, 0.6) is 34.5 Å². The van der Waals surface area contributed by atoms with Crippen molar-refractivity contribution in [3.63, 3.8) is 0 Å². The Morgan fingerprint density at radius 3 is 0.653 bits per heavy atom. The van der Waals surface area contributed by atoms with Gasteiger partial charge in [-0.1, -0.05) is 397 Å². The second-order valence-corrected chi connectivity index (χ2v) is 38.7. The molecular formula is C136H110N2O6. The molecule has 0 aromatic heterocycles. The highest BCUT2D eigenvalue weighted by Gasteiger charge is 2.51. The average molecular weight is 1870 g/mol. The third-order valence-corrected chi connectivity index (χ3v) is 29.7. The molecule has 700 valence electrons. The number of carbonyl (C=O) groups excluding carboxylic acids is 2. The Balaban J connectivity index is 0.000000116. The summed E-state index contributed by atoms with van der Waals surface area (Å²) in [7, 11) is 0. The van der Waals surface area contributed by atoms with Gasteiger partial charge in [-0.2, -0.15) is 0 Å². The third-order valence-electron chi connectivity index (χ3n) is 29.7. The Labute approximate surface area is 844 Å². The molecule has 4 aliphatic rings. The van der Waals surface area contributed by atoms with Gasteiger partial charge in [0.05, 0.1) is 33.0 Å². The van der Waals surface area contributed by atoms with Crippen LogP contribution in [0, 0.1) is 69.2 Å². The fourth-order valence-corrected chi connectivity index (χ4v) is 22.4. The molecule has 0 saturated carbocycles. The number of hydrogen-bond acceptors (Lipinski definition) is 6. The summed E-state index contributed by atoms with van der Waals surface area (Å²) < 4.78 is 12.4. The number of amides is 2. The van der Waals surface area contributed by atoms with E-state index in [1.54, 1.807) is 48.5 Å². The van der Waals surface area contributed by atoms with Gasteiger partial charge in [0.2, 0.25) is 0 Å². The van der Waals surface area contributed by atoms with Gasteiger partial charge < -0.3 is 30.3 Å². The lowest BCUT2D eigenvalue weighted by Crippen LogP contribution is -2.29. The van der Waals surface area contributed by atoms with E-state index in [0.29, 0.717) is 11.1 Å². The number of fused-ring (bicyclic) bond motifs is 12. The Morgan fingerprint density at radius 1 is 0.194 bits per heavy atom. The van der Waals surface area contributed by atoms with Gasteiger partial charge in [0, 0.05) is 11.1 Å². The summed E-state index contributed by atoms with van der Waals surface area (Å²) >= 11 is 0. The second kappa shape index (κ2) is 38.6. The van der Waals surface area contributed by atoms with E-state index in [9.17, 15) is 19.8 Å². The number of nitrogens with one attached hydrogen (secondary N) is 2. The molecule has 0 spiro atoms. The summed E-state index contributed by atoms with van der Waals surface area (Å²) in [4.78, 5) is 26.7. The van der Waals surface area contributed by atoms with Crippen molar-refractivity contribution >= 4 is 23.2 Å². The number of benzene rings is 20. The molecule has 4 aliphatic carbocycles. The van der Waals surface area contributed by atoms with Gasteiger partial charge in [-0.25, -0.2) is 0 Å². The first-order chi connectivity index (χ1) is 70.1. The number of aryl methyl sites for hydroxylation is 10. The number of carbonyl (C=O) groups is 2. The van der Waals surface area contributed by atoms with Crippen molar-refractivity contribution in [3.8, 4) is 79.0 Å². The van der Waals surface area contributed by atoms with Crippen LogP contribution >= 0.6 is 0 Å². The van der Waals surface area contributed by atoms with Crippen molar-refractivity contribution in [1.82, 2.24) is 0 Å². The van der Waals surface area contributed by atoms with Gasteiger partial charge in [0.25, 0.3) is 11.8 Å². The lowest BCUT2D eigenvalue weighted by atomic mass is 9.67. The summed E-state index contributed by atoms with van der Waals surface area (Å²) in [6.45, 7) is 21.1. The normalized spacial score (nSPS) is 13.1. The molecule has 0 radical (unpaired) electrons. The monoisotopic (exact) mass is 1870 g/mol. The SMILES string of the molecule is Cc1ccc(C2(c3ccc(C)c(C)c3)c3ccccc3-c3ccccc32)cc1C.Cc1ccc(C2(c3ccc(C)cc3)c3ccccc3-c3ccccc32)cc1.Cc1ccc(Oc2ccc(C3(c4ccc(Oc5ccc(C)cc5)cc4)c4ccccc4-c4ccccc43)cc2)cc1.Cc1cccc(C(=O)Nc2cc(C3(c4ccc(O)c(NC(=O)c5cccc(C)c5)c4)c4ccccc4-c4ccccc43)ccc2O)c1. The first-order valence-corrected chi connectivity index (χ1v) is 49.3. The maximum atomic E-state index is 13.3. The van der Waals surface area contributed by atoms with Gasteiger partial charge >= 0.3 is 0 Å². The molecule has 8 heteroatoms. The molecule has 0 bridgehead atoms. The van der Waals surface area contributed by atoms with Crippen molar-refractivity contribution < 1.29 is 29.3 Å². The molecule has 0 saturated heterocycles. The molecule has 8 nitrogen and oxygen atoms in total. The first kappa shape index (κ1) is 92.9. The van der Waals surface area contributed by atoms with E-state index >= 15 is 0 Å². The molecule has 144 heavy (non-hydrogen) atoms. The largest absolute Gasteiger partial charge is 0.506 e. The van der Waals surface area contributed by atoms with Crippen LogP contribution < -0.4 is 20.1 Å². The maximum absolute atomic E-state index is 13.3. The number of rotatable bonds is 16. The standard InChI is InChI=1S/C41H32N2O4.C39H30O2.C29H26.C27H22/c1-25-9-7-11-27(21-25)39(46)42-35-23-29(17-19-37(35)44)41(33-15-5-3-13-31(33)32-14-4-6-16-34(32)41)30-18-20-38(45)36(24-30)43-40(47)28-12-8-10-26(2)22-28;1-27-11-19-31(20-12-27)40-33-23-15-29(16-24-33)39(37-9-5-3-7-35(37)36-8-4-6-10-38(36)39)30-17-25-34(26-18-30)41-32-21-13-28(2)14-22-32;1-19-13-15-23(17-21(19)3)29(24-16-14-20(2)22(4)18-24)27-11-7-5-9-25(27)26-10-6-8-12-28(26)29;1-19-11-15-21(16-12-19)27(22-17-13-20(2)14-18-22)25-9-5-3-7-23(25)24-8-4-6-10-26(24)27/h3-24,44-45H,1-2H3,(H,42,46)(H,43,47);3-26H,1-2H3;5-18H,1-4H3;3-18H,1-2H3. The first-order valence-electron chi connectivity index (χ1n) is 49.3. The molecule has 0 unspecified atom stereocenters. The summed E-state index contributed by atoms with van der Waals surface area (Å²) in [6.07, 6.45) is 0. The van der Waals surface area contributed by atoms with Crippen LogP contribution in [0.25, 0.3) is 44.5 Å². The van der Waals surface area contributed by atoms with E-state index in [2.05, 4.69) is 394 Å². The highest BCUT2D eigenvalue weighted by molar-refractivity contribution is 6.07. The maximum Gasteiger partial charge on any atom is 0.255 e. The highest BCUT2D eigenvalue weighted by atomic mass is 16.5. The zero-order valence-electron chi connectivity index (χ0n) is 82.4. The Bertz CT molecular complexity index is 7810. The number of phenols is 2. The molecule has 20 aromatic carbocycles. The molecule has 0 aliphatic heterocycles. The number of hydrogen-bond donors (Lipinski definition) is 4. The van der Waals surface area contributed by atoms with Gasteiger partial charge in [0.15, 0.2) is 0 Å². The van der Waals surface area contributed by atoms with Crippen LogP contribution in [0.15, 0.2) is 461 Å². The third kappa shape index (κ3) is 16.6. The zero-order chi connectivity index (χ0) is 99.1. The fourth-order valence-electron chi connectivity index (χ4n) is 22.4. The molecule has 0 fully saturated rings. The average Bonchev–Trinajstić information content (AvgIpc) is 1.55. The molecule has 20 aromatic rings. The van der Waals surface area contributed by atoms with Crippen molar-refractivity contribution in [2.45, 2.75) is 90.9 Å². The van der Waals surface area contributed by atoms with E-state index in [4.69, 9.17) is 9.47 Å². The number of anilines is 2. The Morgan fingerprint density at radius 2 is 0.403 bits per heavy atom. The molecule has 4 N–H and O–H groups in total. The summed E-state index contributed by atoms with van der Waals surface area (Å²) in [5, 5.41) is 27.8. The van der Waals surface area contributed by atoms with Gasteiger partial charge in [-0.05, 0) is 322 Å². The second-order valence-electron chi connectivity index (χ2n) is 38.7. The number of phenolic OH excluding ortho intramolecular Hbond substituents is 2. The van der Waals surface area contributed by atoms with Crippen LogP contribution in [-0.4, -0.2) is 22.0 Å². The van der Waals surface area contributed by atoms with Crippen LogP contribution in [0.4, 0.5) is 11.4 Å². The molecular weight excluding hydrogens is 1760 g/mol. The minimum Gasteiger partial charge on any atom is -0.506 e. The molecule has 0 heterocycles. The summed E-state index contributed by atoms with van der Waals surface area (Å²) in [5.74, 6) is 2.48. The minimum atomic E-state index is -0.930. The lowest BCUT2D eigenvalue weighted by molar-refractivity contribution is 0.101. The lowest BCUT2D eigenvalue weighted by Gasteiger charge is -2.34. The summed E-state index contributed by atoms with van der Waals surface area (Å²) in [6, 6.07) is 160. The summed E-state index contributed by atoms with van der Waals surface area (Å²) in [5.41, 5.74) is 41.1. The van der Waals surface area contributed by atoms with Crippen molar-refractivity contribution in [2.75, 3.05) is 10.6 Å². The van der Waals surface area contributed by atoms with Gasteiger partial charge in [0.1, 0.15) is 34.5 Å². The van der Waals surface area contributed by atoms with Crippen LogP contribution in [-0.2, 0) is 21.7 Å². The Kier molecular flexibility index (Phi) is 24.9. The van der Waals surface area contributed by atoms with Crippen LogP contribution in [0.2, 0.25) is 0 Å². The number of ether oxygens (including phenoxy) is 2. The van der Waals surface area contributed by atoms with Crippen molar-refractivity contribution in [2.24, 2.45) is 0 Å². The van der Waals surface area contributed by atoms with E-state index in [1.165, 1.54) is 145 Å². The molecule has 24 rings (SSSR count). The van der Waals surface area contributed by atoms with Crippen molar-refractivity contribution in [3.05, 3.63) is 617 Å². The van der Waals surface area contributed by atoms with Gasteiger partial charge in [-0.15, -0.1) is 0 Å². The number of aromatic hydroxyl groups is 2. The van der Waals surface area contributed by atoms with Crippen LogP contribution in [0.3, 0.4) is 0 Å². The van der Waals surface area contributed by atoms with E-state index < -0.39 is 10.8 Å². The minimum absolute atomic E-state index is 0.0683. The van der Waals surface area contributed by atoms with E-state index in [0.717, 1.165) is 67.5 Å². The van der Waals surface area contributed by atoms with E-state index in [-0.39, 0.29) is 45.5 Å². The van der Waals surface area contributed by atoms with Gasteiger partial charge in [-0.3, -0.25) is 9.59 Å². The predicted molar refractivity (Wildman–Crippen MR) is 588 cm³/mol. The zero-order valence-corrected chi connectivity index (χ0v) is 82.4. The highest BCUT2D eigenvalue weighted by Crippen LogP contribution is 2.62. The van der Waals surface area contributed by atoms with Crippen LogP contribution in [0.1, 0.15) is 165 Å². The Hall–Kier alpha value is -17.5. The van der Waals surface area contributed by atoms with E-state index in [1.807, 2.05) is 98.8 Å².